The summed E-state index contributed by atoms with van der Waals surface area (Å²) in [4.78, 5) is 15.9. The average molecular weight is 301 g/mol. The Labute approximate surface area is 131 Å². The van der Waals surface area contributed by atoms with Gasteiger partial charge in [0, 0.05) is 25.3 Å². The van der Waals surface area contributed by atoms with Crippen LogP contribution < -0.4 is 16.0 Å². The molecule has 118 valence electrons. The van der Waals surface area contributed by atoms with Gasteiger partial charge >= 0.3 is 6.03 Å². The third kappa shape index (κ3) is 5.24. The number of nitrogens with one attached hydrogen (secondary N) is 3. The van der Waals surface area contributed by atoms with E-state index in [2.05, 4.69) is 27.0 Å². The van der Waals surface area contributed by atoms with Crippen LogP contribution in [0, 0.1) is 11.3 Å². The number of rotatable bonds is 5. The molecule has 0 spiro atoms. The van der Waals surface area contributed by atoms with Gasteiger partial charge in [0.05, 0.1) is 5.56 Å². The van der Waals surface area contributed by atoms with E-state index in [0.29, 0.717) is 30.5 Å². The number of amides is 2. The van der Waals surface area contributed by atoms with Crippen molar-refractivity contribution in [1.29, 1.82) is 5.26 Å². The molecule has 22 heavy (non-hydrogen) atoms. The fourth-order valence-corrected chi connectivity index (χ4v) is 2.65. The average Bonchev–Trinajstić information content (AvgIpc) is 2.80. The Morgan fingerprint density at radius 1 is 1.27 bits per heavy atom. The molecule has 0 bridgehead atoms. The van der Waals surface area contributed by atoms with Crippen LogP contribution in [0.2, 0.25) is 0 Å². The first-order valence-corrected chi connectivity index (χ1v) is 7.93. The van der Waals surface area contributed by atoms with Crippen LogP contribution in [0.25, 0.3) is 0 Å². The first-order valence-electron chi connectivity index (χ1n) is 7.93. The maximum atomic E-state index is 11.8. The van der Waals surface area contributed by atoms with E-state index >= 15 is 0 Å². The predicted molar refractivity (Wildman–Crippen MR) is 85.5 cm³/mol. The zero-order chi connectivity index (χ0) is 15.6. The zero-order valence-corrected chi connectivity index (χ0v) is 12.8. The molecule has 1 heterocycles. The maximum absolute atomic E-state index is 11.8. The molecule has 0 aromatic carbocycles. The maximum Gasteiger partial charge on any atom is 0.315 e. The lowest BCUT2D eigenvalue weighted by molar-refractivity contribution is 0.236. The molecule has 0 unspecified atom stereocenters. The van der Waals surface area contributed by atoms with E-state index in [-0.39, 0.29) is 6.03 Å². The molecule has 1 fully saturated rings. The summed E-state index contributed by atoms with van der Waals surface area (Å²) >= 11 is 0. The molecule has 1 aromatic rings. The van der Waals surface area contributed by atoms with Crippen LogP contribution in [0.5, 0.6) is 0 Å². The number of urea groups is 1. The van der Waals surface area contributed by atoms with Gasteiger partial charge in [0.1, 0.15) is 11.9 Å². The van der Waals surface area contributed by atoms with Crippen molar-refractivity contribution in [3.8, 4) is 6.07 Å². The van der Waals surface area contributed by atoms with Crippen molar-refractivity contribution in [3.63, 3.8) is 0 Å². The van der Waals surface area contributed by atoms with E-state index < -0.39 is 0 Å². The van der Waals surface area contributed by atoms with Gasteiger partial charge < -0.3 is 16.0 Å². The highest BCUT2D eigenvalue weighted by atomic mass is 16.2. The molecule has 2 amide bonds. The number of nitriles is 1. The Hall–Kier alpha value is -2.29. The Morgan fingerprint density at radius 3 is 2.77 bits per heavy atom. The number of hydrogen-bond acceptors (Lipinski definition) is 4. The van der Waals surface area contributed by atoms with E-state index in [0.717, 1.165) is 12.8 Å². The summed E-state index contributed by atoms with van der Waals surface area (Å²) in [5.41, 5.74) is 0.505. The van der Waals surface area contributed by atoms with Crippen molar-refractivity contribution in [2.24, 2.45) is 0 Å². The van der Waals surface area contributed by atoms with Crippen molar-refractivity contribution >= 4 is 11.8 Å². The predicted octanol–water partition coefficient (Wildman–Crippen LogP) is 2.39. The fraction of sp³-hybridized carbons (Fsp3) is 0.562. The van der Waals surface area contributed by atoms with Crippen LogP contribution in [-0.2, 0) is 0 Å². The van der Waals surface area contributed by atoms with Gasteiger partial charge in [0.15, 0.2) is 0 Å². The number of aromatic nitrogens is 1. The molecule has 2 rings (SSSR count). The lowest BCUT2D eigenvalue weighted by atomic mass is 10.1. The van der Waals surface area contributed by atoms with Crippen LogP contribution in [0.1, 0.15) is 44.1 Å². The standard InChI is InChI=1S/C16H23N5O/c17-12-13-6-5-9-18-15(13)19-10-11-20-16(22)21-14-7-3-1-2-4-8-14/h5-6,9,14H,1-4,7-8,10-11H2,(H,18,19)(H2,20,21,22). The monoisotopic (exact) mass is 301 g/mol. The summed E-state index contributed by atoms with van der Waals surface area (Å²) in [7, 11) is 0. The molecule has 1 aromatic heterocycles. The van der Waals surface area contributed by atoms with E-state index in [1.165, 1.54) is 25.7 Å². The molecule has 0 saturated heterocycles. The molecule has 3 N–H and O–H groups in total. The Kier molecular flexibility index (Phi) is 6.49. The quantitative estimate of drug-likeness (QED) is 0.575. The molecule has 1 saturated carbocycles. The van der Waals surface area contributed by atoms with E-state index in [9.17, 15) is 4.79 Å². The van der Waals surface area contributed by atoms with Gasteiger partial charge in [-0.2, -0.15) is 5.26 Å². The third-order valence-corrected chi connectivity index (χ3v) is 3.82. The molecule has 6 nitrogen and oxygen atoms in total. The minimum Gasteiger partial charge on any atom is -0.367 e. The number of anilines is 1. The highest BCUT2D eigenvalue weighted by Crippen LogP contribution is 2.16. The molecule has 6 heteroatoms. The van der Waals surface area contributed by atoms with E-state index in [1.54, 1.807) is 18.3 Å². The van der Waals surface area contributed by atoms with Gasteiger partial charge in [0.2, 0.25) is 0 Å². The Bertz CT molecular complexity index is 518. The SMILES string of the molecule is N#Cc1cccnc1NCCNC(=O)NC1CCCCCC1. The largest absolute Gasteiger partial charge is 0.367 e. The second-order valence-electron chi connectivity index (χ2n) is 5.53. The molecule has 0 atom stereocenters. The van der Waals surface area contributed by atoms with E-state index in [1.807, 2.05) is 0 Å². The second kappa shape index (κ2) is 8.88. The zero-order valence-electron chi connectivity index (χ0n) is 12.8. The van der Waals surface area contributed by atoms with Gasteiger partial charge in [-0.15, -0.1) is 0 Å². The number of carbonyl (C=O) groups excluding carboxylic acids is 1. The Balaban J connectivity index is 1.65. The van der Waals surface area contributed by atoms with Gasteiger partial charge in [0.25, 0.3) is 0 Å². The summed E-state index contributed by atoms with van der Waals surface area (Å²) in [6.45, 7) is 1.02. The summed E-state index contributed by atoms with van der Waals surface area (Å²) < 4.78 is 0. The molecule has 0 radical (unpaired) electrons. The first kappa shape index (κ1) is 16.1. The van der Waals surface area contributed by atoms with Gasteiger partial charge in [-0.05, 0) is 25.0 Å². The van der Waals surface area contributed by atoms with E-state index in [4.69, 9.17) is 5.26 Å². The van der Waals surface area contributed by atoms with Gasteiger partial charge in [-0.3, -0.25) is 0 Å². The number of carbonyl (C=O) groups is 1. The van der Waals surface area contributed by atoms with Gasteiger partial charge in [-0.25, -0.2) is 9.78 Å². The van der Waals surface area contributed by atoms with Crippen LogP contribution in [0.4, 0.5) is 10.6 Å². The highest BCUT2D eigenvalue weighted by Gasteiger charge is 2.14. The molecular weight excluding hydrogens is 278 g/mol. The number of nitrogens with zero attached hydrogens (tertiary/aromatic N) is 2. The van der Waals surface area contributed by atoms with Crippen molar-refractivity contribution in [2.45, 2.75) is 44.6 Å². The van der Waals surface area contributed by atoms with Crippen LogP contribution >= 0.6 is 0 Å². The number of hydrogen-bond donors (Lipinski definition) is 3. The summed E-state index contributed by atoms with van der Waals surface area (Å²) in [6, 6.07) is 5.70. The lowest BCUT2D eigenvalue weighted by Gasteiger charge is -2.17. The lowest BCUT2D eigenvalue weighted by Crippen LogP contribution is -2.43. The topological polar surface area (TPSA) is 89.8 Å². The van der Waals surface area contributed by atoms with Crippen LogP contribution in [0.3, 0.4) is 0 Å². The van der Waals surface area contributed by atoms with Crippen LogP contribution in [-0.4, -0.2) is 30.1 Å². The minimum absolute atomic E-state index is 0.116. The first-order chi connectivity index (χ1) is 10.8. The van der Waals surface area contributed by atoms with Crippen molar-refractivity contribution in [1.82, 2.24) is 15.6 Å². The second-order valence-corrected chi connectivity index (χ2v) is 5.53. The Morgan fingerprint density at radius 2 is 2.05 bits per heavy atom. The number of pyridine rings is 1. The summed E-state index contributed by atoms with van der Waals surface area (Å²) in [5, 5.41) is 17.9. The molecular formula is C16H23N5O. The highest BCUT2D eigenvalue weighted by molar-refractivity contribution is 5.74. The fourth-order valence-electron chi connectivity index (χ4n) is 2.65. The van der Waals surface area contributed by atoms with Crippen molar-refractivity contribution in [3.05, 3.63) is 23.9 Å². The summed E-state index contributed by atoms with van der Waals surface area (Å²) in [6.07, 6.45) is 8.72. The molecule has 0 aliphatic heterocycles. The van der Waals surface area contributed by atoms with Crippen LogP contribution in [0.15, 0.2) is 18.3 Å². The smallest absolute Gasteiger partial charge is 0.315 e. The normalized spacial score (nSPS) is 15.4. The molecule has 1 aliphatic carbocycles. The molecule has 1 aliphatic rings. The third-order valence-electron chi connectivity index (χ3n) is 3.82. The minimum atomic E-state index is -0.116. The van der Waals surface area contributed by atoms with Crippen molar-refractivity contribution < 1.29 is 4.79 Å². The van der Waals surface area contributed by atoms with Crippen molar-refractivity contribution in [2.75, 3.05) is 18.4 Å². The van der Waals surface area contributed by atoms with Gasteiger partial charge in [-0.1, -0.05) is 25.7 Å². The summed E-state index contributed by atoms with van der Waals surface area (Å²) in [5.74, 6) is 0.552.